The molecule has 0 bridgehead atoms. The van der Waals surface area contributed by atoms with Crippen molar-refractivity contribution in [1.82, 2.24) is 4.98 Å². The van der Waals surface area contributed by atoms with Crippen LogP contribution in [-0.2, 0) is 5.75 Å². The van der Waals surface area contributed by atoms with Gasteiger partial charge in [0.1, 0.15) is 10.8 Å². The number of anilines is 1. The molecule has 1 aromatic carbocycles. The fourth-order valence-corrected chi connectivity index (χ4v) is 3.16. The maximum absolute atomic E-state index is 5.92. The van der Waals surface area contributed by atoms with Crippen LogP contribution in [0.1, 0.15) is 10.7 Å². The Morgan fingerprint density at radius 2 is 2.29 bits per heavy atom. The van der Waals surface area contributed by atoms with Crippen molar-refractivity contribution in [1.29, 1.82) is 0 Å². The number of hydrogen-bond acceptors (Lipinski definition) is 5. The summed E-state index contributed by atoms with van der Waals surface area (Å²) < 4.78 is 5.18. The first-order valence-corrected chi connectivity index (χ1v) is 7.03. The lowest BCUT2D eigenvalue weighted by Crippen LogP contribution is -1.91. The number of nitrogen functional groups attached to an aromatic ring is 1. The predicted molar refractivity (Wildman–Crippen MR) is 73.8 cm³/mol. The van der Waals surface area contributed by atoms with Crippen LogP contribution in [-0.4, -0.2) is 12.1 Å². The second kappa shape index (κ2) is 5.42. The zero-order valence-electron chi connectivity index (χ0n) is 9.77. The van der Waals surface area contributed by atoms with Gasteiger partial charge in [-0.1, -0.05) is 0 Å². The molecule has 0 fully saturated rings. The fraction of sp³-hybridized carbons (Fsp3) is 0.250. The van der Waals surface area contributed by atoms with E-state index in [0.717, 1.165) is 32.8 Å². The Morgan fingerprint density at radius 1 is 1.47 bits per heavy atom. The molecule has 0 saturated carbocycles. The maximum atomic E-state index is 5.92. The minimum absolute atomic E-state index is 0.782. The molecular formula is C12H14N2OS2. The molecular weight excluding hydrogens is 252 g/mol. The first kappa shape index (κ1) is 12.3. The minimum Gasteiger partial charge on any atom is -0.497 e. The number of thiazole rings is 1. The highest BCUT2D eigenvalue weighted by Crippen LogP contribution is 2.31. The molecule has 0 spiro atoms. The molecule has 0 atom stereocenters. The van der Waals surface area contributed by atoms with Gasteiger partial charge in [0, 0.05) is 21.7 Å². The fourth-order valence-electron chi connectivity index (χ4n) is 1.38. The first-order valence-electron chi connectivity index (χ1n) is 5.16. The lowest BCUT2D eigenvalue weighted by atomic mass is 10.3. The van der Waals surface area contributed by atoms with Gasteiger partial charge in [-0.2, -0.15) is 0 Å². The Balaban J connectivity index is 2.07. The van der Waals surface area contributed by atoms with Crippen molar-refractivity contribution in [2.75, 3.05) is 12.8 Å². The Labute approximate surface area is 109 Å². The third-order valence-corrected chi connectivity index (χ3v) is 4.47. The zero-order valence-corrected chi connectivity index (χ0v) is 11.4. The Hall–Kier alpha value is -1.20. The summed E-state index contributed by atoms with van der Waals surface area (Å²) in [6.45, 7) is 2.00. The molecule has 0 saturated heterocycles. The van der Waals surface area contributed by atoms with Crippen molar-refractivity contribution >= 4 is 28.8 Å². The number of methoxy groups -OCH3 is 1. The van der Waals surface area contributed by atoms with Crippen molar-refractivity contribution in [2.24, 2.45) is 0 Å². The van der Waals surface area contributed by atoms with Gasteiger partial charge in [0.25, 0.3) is 0 Å². The van der Waals surface area contributed by atoms with E-state index in [0.29, 0.717) is 0 Å². The van der Waals surface area contributed by atoms with E-state index in [1.165, 1.54) is 0 Å². The second-order valence-corrected chi connectivity index (χ2v) is 5.53. The van der Waals surface area contributed by atoms with Gasteiger partial charge in [0.2, 0.25) is 0 Å². The van der Waals surface area contributed by atoms with Crippen LogP contribution >= 0.6 is 23.1 Å². The summed E-state index contributed by atoms with van der Waals surface area (Å²) in [6, 6.07) is 5.70. The number of nitrogens with zero attached hydrogens (tertiary/aromatic N) is 1. The molecule has 0 aliphatic heterocycles. The number of nitrogens with two attached hydrogens (primary N) is 1. The molecule has 0 aliphatic rings. The van der Waals surface area contributed by atoms with Crippen LogP contribution in [0.5, 0.6) is 5.75 Å². The number of benzene rings is 1. The van der Waals surface area contributed by atoms with Gasteiger partial charge in [0.05, 0.1) is 12.9 Å². The summed E-state index contributed by atoms with van der Waals surface area (Å²) in [5.41, 5.74) is 7.78. The summed E-state index contributed by atoms with van der Waals surface area (Å²) in [5, 5.41) is 3.18. The number of aromatic nitrogens is 1. The largest absolute Gasteiger partial charge is 0.497 e. The minimum atomic E-state index is 0.782. The third-order valence-electron chi connectivity index (χ3n) is 2.24. The van der Waals surface area contributed by atoms with E-state index >= 15 is 0 Å². The van der Waals surface area contributed by atoms with Gasteiger partial charge >= 0.3 is 0 Å². The summed E-state index contributed by atoms with van der Waals surface area (Å²) in [6.07, 6.45) is 0. The van der Waals surface area contributed by atoms with Crippen molar-refractivity contribution in [3.8, 4) is 5.75 Å². The van der Waals surface area contributed by atoms with Crippen LogP contribution in [0.25, 0.3) is 0 Å². The lowest BCUT2D eigenvalue weighted by molar-refractivity contribution is 0.414. The number of hydrogen-bond donors (Lipinski definition) is 1. The monoisotopic (exact) mass is 266 g/mol. The third kappa shape index (κ3) is 3.14. The van der Waals surface area contributed by atoms with Crippen LogP contribution in [0.4, 0.5) is 5.69 Å². The topological polar surface area (TPSA) is 48.1 Å². The van der Waals surface area contributed by atoms with E-state index in [1.54, 1.807) is 30.2 Å². The molecule has 0 radical (unpaired) electrons. The maximum Gasteiger partial charge on any atom is 0.120 e. The van der Waals surface area contributed by atoms with Crippen LogP contribution < -0.4 is 10.5 Å². The standard InChI is InChI=1S/C12H14N2OS2/c1-8-6-17-12(14-8)7-16-11-5-9(15-2)3-4-10(11)13/h3-6H,7,13H2,1-2H3. The molecule has 3 nitrogen and oxygen atoms in total. The van der Waals surface area contributed by atoms with Gasteiger partial charge < -0.3 is 10.5 Å². The van der Waals surface area contributed by atoms with Crippen molar-refractivity contribution in [2.45, 2.75) is 17.6 Å². The van der Waals surface area contributed by atoms with Gasteiger partial charge in [-0.05, 0) is 25.1 Å². The number of ether oxygens (including phenoxy) is 1. The quantitative estimate of drug-likeness (QED) is 0.681. The van der Waals surface area contributed by atoms with Gasteiger partial charge in [0.15, 0.2) is 0 Å². The van der Waals surface area contributed by atoms with Crippen LogP contribution in [0.3, 0.4) is 0 Å². The molecule has 1 heterocycles. The van der Waals surface area contributed by atoms with E-state index in [1.807, 2.05) is 25.1 Å². The molecule has 0 aliphatic carbocycles. The highest BCUT2D eigenvalue weighted by Gasteiger charge is 2.05. The lowest BCUT2D eigenvalue weighted by Gasteiger charge is -2.06. The average Bonchev–Trinajstić information content (AvgIpc) is 2.74. The molecule has 2 N–H and O–H groups in total. The van der Waals surface area contributed by atoms with Crippen molar-refractivity contribution in [3.05, 3.63) is 34.3 Å². The highest BCUT2D eigenvalue weighted by atomic mass is 32.2. The Bertz CT molecular complexity index is 511. The van der Waals surface area contributed by atoms with Crippen LogP contribution in [0.15, 0.2) is 28.5 Å². The molecule has 0 amide bonds. The predicted octanol–water partition coefficient (Wildman–Crippen LogP) is 3.33. The molecule has 90 valence electrons. The summed E-state index contributed by atoms with van der Waals surface area (Å²) >= 11 is 3.37. The Morgan fingerprint density at radius 3 is 2.94 bits per heavy atom. The van der Waals surface area contributed by atoms with Gasteiger partial charge in [-0.25, -0.2) is 4.98 Å². The summed E-state index contributed by atoms with van der Waals surface area (Å²) in [4.78, 5) is 5.46. The Kier molecular flexibility index (Phi) is 3.91. The van der Waals surface area contributed by atoms with Gasteiger partial charge in [-0.15, -0.1) is 23.1 Å². The number of thioether (sulfide) groups is 1. The van der Waals surface area contributed by atoms with E-state index in [-0.39, 0.29) is 0 Å². The molecule has 1 aromatic heterocycles. The van der Waals surface area contributed by atoms with E-state index in [2.05, 4.69) is 10.4 Å². The molecule has 17 heavy (non-hydrogen) atoms. The number of rotatable bonds is 4. The zero-order chi connectivity index (χ0) is 12.3. The number of aryl methyl sites for hydroxylation is 1. The normalized spacial score (nSPS) is 10.5. The summed E-state index contributed by atoms with van der Waals surface area (Å²) in [5.74, 6) is 1.67. The van der Waals surface area contributed by atoms with Crippen molar-refractivity contribution in [3.63, 3.8) is 0 Å². The second-order valence-electron chi connectivity index (χ2n) is 3.58. The van der Waals surface area contributed by atoms with Crippen molar-refractivity contribution < 1.29 is 4.74 Å². The first-order chi connectivity index (χ1) is 8.19. The van der Waals surface area contributed by atoms with E-state index in [9.17, 15) is 0 Å². The molecule has 2 aromatic rings. The highest BCUT2D eigenvalue weighted by molar-refractivity contribution is 7.98. The molecule has 0 unspecified atom stereocenters. The molecule has 2 rings (SSSR count). The summed E-state index contributed by atoms with van der Waals surface area (Å²) in [7, 11) is 1.66. The SMILES string of the molecule is COc1ccc(N)c(SCc2nc(C)cs2)c1. The van der Waals surface area contributed by atoms with Crippen LogP contribution in [0, 0.1) is 6.92 Å². The van der Waals surface area contributed by atoms with E-state index in [4.69, 9.17) is 10.5 Å². The average molecular weight is 266 g/mol. The van der Waals surface area contributed by atoms with Crippen LogP contribution in [0.2, 0.25) is 0 Å². The van der Waals surface area contributed by atoms with Gasteiger partial charge in [-0.3, -0.25) is 0 Å². The smallest absolute Gasteiger partial charge is 0.120 e. The van der Waals surface area contributed by atoms with E-state index < -0.39 is 0 Å². The molecule has 5 heteroatoms.